The highest BCUT2D eigenvalue weighted by atomic mass is 35.5. The second-order valence-electron chi connectivity index (χ2n) is 6.74. The average molecular weight is 407 g/mol. The minimum atomic E-state index is -0.249. The van der Waals surface area contributed by atoms with Crippen LogP contribution < -0.4 is 10.1 Å². The zero-order valence-electron chi connectivity index (χ0n) is 16.0. The molecule has 146 valence electrons. The fraction of sp³-hybridized carbons (Fsp3) is 0.136. The molecule has 29 heavy (non-hydrogen) atoms. The van der Waals surface area contributed by atoms with Crippen LogP contribution in [0.5, 0.6) is 5.75 Å². The van der Waals surface area contributed by atoms with Gasteiger partial charge in [-0.05, 0) is 48.9 Å². The molecule has 0 aliphatic heterocycles. The summed E-state index contributed by atoms with van der Waals surface area (Å²) in [5, 5.41) is 11.7. The summed E-state index contributed by atoms with van der Waals surface area (Å²) in [5.41, 5.74) is 4.97. The quantitative estimate of drug-likeness (QED) is 0.521. The van der Waals surface area contributed by atoms with Crippen molar-refractivity contribution in [1.29, 1.82) is 0 Å². The second kappa shape index (κ2) is 7.93. The number of fused-ring (bicyclic) bond motifs is 1. The van der Waals surface area contributed by atoms with Gasteiger partial charge in [0.2, 0.25) is 0 Å². The minimum absolute atomic E-state index is 0.249. The number of rotatable bonds is 5. The molecular weight excluding hydrogens is 388 g/mol. The van der Waals surface area contributed by atoms with E-state index in [1.54, 1.807) is 37.4 Å². The number of benzene rings is 3. The third kappa shape index (κ3) is 4.07. The van der Waals surface area contributed by atoms with Gasteiger partial charge in [-0.1, -0.05) is 46.6 Å². The summed E-state index contributed by atoms with van der Waals surface area (Å²) in [4.78, 5) is 12.6. The van der Waals surface area contributed by atoms with Crippen LogP contribution in [0.25, 0.3) is 11.0 Å². The van der Waals surface area contributed by atoms with Crippen molar-refractivity contribution < 1.29 is 9.53 Å². The Balaban J connectivity index is 1.53. The molecule has 0 aliphatic carbocycles. The molecule has 0 atom stereocenters. The number of ether oxygens (including phenoxy) is 1. The van der Waals surface area contributed by atoms with Gasteiger partial charge in [0.1, 0.15) is 11.3 Å². The molecule has 1 heterocycles. The van der Waals surface area contributed by atoms with E-state index in [0.29, 0.717) is 34.1 Å². The Kier molecular flexibility index (Phi) is 5.18. The normalized spacial score (nSPS) is 10.9. The number of hydrogen-bond acceptors (Lipinski definition) is 4. The third-order valence-corrected chi connectivity index (χ3v) is 4.93. The molecule has 1 N–H and O–H groups in total. The first-order chi connectivity index (χ1) is 14.0. The van der Waals surface area contributed by atoms with Crippen LogP contribution in [0.3, 0.4) is 0 Å². The van der Waals surface area contributed by atoms with E-state index in [-0.39, 0.29) is 5.91 Å². The maximum absolute atomic E-state index is 12.6. The molecule has 1 amide bonds. The molecule has 0 saturated heterocycles. The van der Waals surface area contributed by atoms with Gasteiger partial charge in [-0.15, -0.1) is 5.10 Å². The Morgan fingerprint density at radius 3 is 2.62 bits per heavy atom. The number of halogens is 1. The van der Waals surface area contributed by atoms with Gasteiger partial charge in [-0.3, -0.25) is 4.79 Å². The lowest BCUT2D eigenvalue weighted by atomic mass is 10.1. The summed E-state index contributed by atoms with van der Waals surface area (Å²) >= 11 is 6.12. The SMILES string of the molecule is COc1ccc(NC(=O)c2ccc3c(c2)nnn3Cc2ccc(C)cc2)cc1Cl. The van der Waals surface area contributed by atoms with Crippen molar-refractivity contribution >= 4 is 34.2 Å². The monoisotopic (exact) mass is 406 g/mol. The molecular formula is C22H19ClN4O2. The molecule has 0 saturated carbocycles. The van der Waals surface area contributed by atoms with Gasteiger partial charge in [0.25, 0.3) is 5.91 Å². The molecule has 4 aromatic rings. The van der Waals surface area contributed by atoms with Crippen molar-refractivity contribution in [3.8, 4) is 5.75 Å². The Morgan fingerprint density at radius 2 is 1.90 bits per heavy atom. The van der Waals surface area contributed by atoms with E-state index in [0.717, 1.165) is 11.1 Å². The van der Waals surface area contributed by atoms with Crippen molar-refractivity contribution in [3.05, 3.63) is 82.4 Å². The number of anilines is 1. The number of carbonyl (C=O) groups excluding carboxylic acids is 1. The first-order valence-electron chi connectivity index (χ1n) is 9.07. The molecule has 0 spiro atoms. The molecule has 4 rings (SSSR count). The van der Waals surface area contributed by atoms with Crippen LogP contribution in [0.4, 0.5) is 5.69 Å². The van der Waals surface area contributed by atoms with Crippen LogP contribution >= 0.6 is 11.6 Å². The predicted molar refractivity (Wildman–Crippen MR) is 114 cm³/mol. The largest absolute Gasteiger partial charge is 0.495 e. The number of hydrogen-bond donors (Lipinski definition) is 1. The number of amides is 1. The Hall–Kier alpha value is -3.38. The van der Waals surface area contributed by atoms with Gasteiger partial charge < -0.3 is 10.1 Å². The predicted octanol–water partition coefficient (Wildman–Crippen LogP) is 4.70. The lowest BCUT2D eigenvalue weighted by Crippen LogP contribution is -2.11. The van der Waals surface area contributed by atoms with Crippen molar-refractivity contribution in [2.75, 3.05) is 12.4 Å². The number of aryl methyl sites for hydroxylation is 1. The van der Waals surface area contributed by atoms with Crippen LogP contribution in [0.2, 0.25) is 5.02 Å². The summed E-state index contributed by atoms with van der Waals surface area (Å²) in [6, 6.07) is 18.7. The fourth-order valence-corrected chi connectivity index (χ4v) is 3.30. The smallest absolute Gasteiger partial charge is 0.255 e. The number of nitrogens with zero attached hydrogens (tertiary/aromatic N) is 3. The maximum atomic E-state index is 12.6. The summed E-state index contributed by atoms with van der Waals surface area (Å²) in [5.74, 6) is 0.303. The standard InChI is InChI=1S/C22H19ClN4O2/c1-14-3-5-15(6-4-14)13-27-20-9-7-16(11-19(20)25-26-27)22(28)24-17-8-10-21(29-2)18(23)12-17/h3-12H,13H2,1-2H3,(H,24,28). The van der Waals surface area contributed by atoms with E-state index in [4.69, 9.17) is 16.3 Å². The Morgan fingerprint density at radius 1 is 1.10 bits per heavy atom. The number of aromatic nitrogens is 3. The highest BCUT2D eigenvalue weighted by molar-refractivity contribution is 6.32. The average Bonchev–Trinajstić information content (AvgIpc) is 3.12. The number of nitrogens with one attached hydrogen (secondary N) is 1. The molecule has 7 heteroatoms. The molecule has 0 radical (unpaired) electrons. The highest BCUT2D eigenvalue weighted by Gasteiger charge is 2.12. The minimum Gasteiger partial charge on any atom is -0.495 e. The van der Waals surface area contributed by atoms with Gasteiger partial charge in [-0.2, -0.15) is 0 Å². The van der Waals surface area contributed by atoms with Crippen LogP contribution in [-0.4, -0.2) is 28.0 Å². The fourth-order valence-electron chi connectivity index (χ4n) is 3.04. The zero-order chi connectivity index (χ0) is 20.4. The molecule has 0 bridgehead atoms. The number of methoxy groups -OCH3 is 1. The second-order valence-corrected chi connectivity index (χ2v) is 7.15. The topological polar surface area (TPSA) is 69.0 Å². The zero-order valence-corrected chi connectivity index (χ0v) is 16.8. The lowest BCUT2D eigenvalue weighted by molar-refractivity contribution is 0.102. The van der Waals surface area contributed by atoms with E-state index >= 15 is 0 Å². The van der Waals surface area contributed by atoms with Crippen LogP contribution in [-0.2, 0) is 6.54 Å². The summed E-state index contributed by atoms with van der Waals surface area (Å²) < 4.78 is 6.95. The summed E-state index contributed by atoms with van der Waals surface area (Å²) in [6.07, 6.45) is 0. The van der Waals surface area contributed by atoms with Crippen LogP contribution in [0.15, 0.2) is 60.7 Å². The Labute approximate surface area is 173 Å². The van der Waals surface area contributed by atoms with Crippen molar-refractivity contribution in [2.45, 2.75) is 13.5 Å². The summed E-state index contributed by atoms with van der Waals surface area (Å²) in [7, 11) is 1.54. The van der Waals surface area contributed by atoms with Crippen molar-refractivity contribution in [3.63, 3.8) is 0 Å². The molecule has 0 fully saturated rings. The van der Waals surface area contributed by atoms with Crippen LogP contribution in [0.1, 0.15) is 21.5 Å². The maximum Gasteiger partial charge on any atom is 0.255 e. The van der Waals surface area contributed by atoms with E-state index < -0.39 is 0 Å². The molecule has 0 unspecified atom stereocenters. The van der Waals surface area contributed by atoms with Gasteiger partial charge in [0, 0.05) is 11.3 Å². The molecule has 1 aromatic heterocycles. The van der Waals surface area contributed by atoms with Gasteiger partial charge in [0.15, 0.2) is 0 Å². The van der Waals surface area contributed by atoms with E-state index in [1.165, 1.54) is 5.56 Å². The lowest BCUT2D eigenvalue weighted by Gasteiger charge is -2.08. The van der Waals surface area contributed by atoms with E-state index in [2.05, 4.69) is 46.8 Å². The van der Waals surface area contributed by atoms with E-state index in [9.17, 15) is 4.79 Å². The van der Waals surface area contributed by atoms with Gasteiger partial charge >= 0.3 is 0 Å². The van der Waals surface area contributed by atoms with E-state index in [1.807, 2.05) is 10.7 Å². The summed E-state index contributed by atoms with van der Waals surface area (Å²) in [6.45, 7) is 2.67. The molecule has 0 aliphatic rings. The Bertz CT molecular complexity index is 1190. The van der Waals surface area contributed by atoms with Gasteiger partial charge in [0.05, 0.1) is 24.2 Å². The van der Waals surface area contributed by atoms with Crippen LogP contribution in [0, 0.1) is 6.92 Å². The number of carbonyl (C=O) groups is 1. The first kappa shape index (κ1) is 19.0. The third-order valence-electron chi connectivity index (χ3n) is 4.64. The first-order valence-corrected chi connectivity index (χ1v) is 9.45. The van der Waals surface area contributed by atoms with Crippen molar-refractivity contribution in [1.82, 2.24) is 15.0 Å². The molecule has 6 nitrogen and oxygen atoms in total. The molecule has 3 aromatic carbocycles. The van der Waals surface area contributed by atoms with Gasteiger partial charge in [-0.25, -0.2) is 4.68 Å². The van der Waals surface area contributed by atoms with Crippen molar-refractivity contribution in [2.24, 2.45) is 0 Å². The highest BCUT2D eigenvalue weighted by Crippen LogP contribution is 2.27.